The van der Waals surface area contributed by atoms with Crippen LogP contribution in [0.4, 0.5) is 18.9 Å². The van der Waals surface area contributed by atoms with E-state index in [9.17, 15) is 13.2 Å². The third kappa shape index (κ3) is 3.38. The Morgan fingerprint density at radius 2 is 2.17 bits per heavy atom. The minimum absolute atomic E-state index is 0.115. The number of benzene rings is 1. The van der Waals surface area contributed by atoms with Gasteiger partial charge in [-0.1, -0.05) is 15.9 Å². The van der Waals surface area contributed by atoms with E-state index in [2.05, 4.69) is 21.2 Å². The summed E-state index contributed by atoms with van der Waals surface area (Å²) in [6, 6.07) is 3.93. The molecule has 18 heavy (non-hydrogen) atoms. The Morgan fingerprint density at radius 3 is 2.78 bits per heavy atom. The lowest BCUT2D eigenvalue weighted by Gasteiger charge is -2.16. The SMILES string of the molecule is FC(F)(F)c1ccc(Br)cc1NCC1CCOC1. The third-order valence-electron chi connectivity index (χ3n) is 2.89. The summed E-state index contributed by atoms with van der Waals surface area (Å²) in [7, 11) is 0. The summed E-state index contributed by atoms with van der Waals surface area (Å²) in [5.74, 6) is 0.282. The molecule has 1 atom stereocenters. The van der Waals surface area contributed by atoms with Crippen LogP contribution in [0.3, 0.4) is 0 Å². The zero-order valence-electron chi connectivity index (χ0n) is 9.56. The summed E-state index contributed by atoms with van der Waals surface area (Å²) in [6.07, 6.45) is -3.45. The van der Waals surface area contributed by atoms with Crippen molar-refractivity contribution in [1.29, 1.82) is 0 Å². The lowest BCUT2D eigenvalue weighted by atomic mass is 10.1. The molecule has 0 radical (unpaired) electrons. The van der Waals surface area contributed by atoms with Crippen LogP contribution in [-0.4, -0.2) is 19.8 Å². The van der Waals surface area contributed by atoms with Gasteiger partial charge in [0.15, 0.2) is 0 Å². The Bertz CT molecular complexity index is 416. The maximum atomic E-state index is 12.8. The van der Waals surface area contributed by atoms with E-state index in [1.54, 1.807) is 0 Å². The molecule has 1 aliphatic rings. The molecule has 2 rings (SSSR count). The summed E-state index contributed by atoms with van der Waals surface area (Å²) in [4.78, 5) is 0. The van der Waals surface area contributed by atoms with Crippen molar-refractivity contribution < 1.29 is 17.9 Å². The first-order valence-corrected chi connectivity index (χ1v) is 6.44. The highest BCUT2D eigenvalue weighted by Gasteiger charge is 2.33. The van der Waals surface area contributed by atoms with Crippen LogP contribution in [0.2, 0.25) is 0 Å². The number of anilines is 1. The lowest BCUT2D eigenvalue weighted by Crippen LogP contribution is -2.17. The van der Waals surface area contributed by atoms with Crippen LogP contribution in [0.15, 0.2) is 22.7 Å². The van der Waals surface area contributed by atoms with Crippen LogP contribution in [0, 0.1) is 5.92 Å². The van der Waals surface area contributed by atoms with Crippen LogP contribution >= 0.6 is 15.9 Å². The molecule has 1 aliphatic heterocycles. The first kappa shape index (κ1) is 13.7. The van der Waals surface area contributed by atoms with Gasteiger partial charge in [-0.25, -0.2) is 0 Å². The first-order valence-electron chi connectivity index (χ1n) is 5.65. The Balaban J connectivity index is 2.12. The maximum Gasteiger partial charge on any atom is 0.418 e. The molecular weight excluding hydrogens is 311 g/mol. The maximum absolute atomic E-state index is 12.8. The second-order valence-corrected chi connectivity index (χ2v) is 5.21. The summed E-state index contributed by atoms with van der Waals surface area (Å²) in [5, 5.41) is 2.87. The van der Waals surface area contributed by atoms with Gasteiger partial charge in [-0.3, -0.25) is 0 Å². The van der Waals surface area contributed by atoms with Crippen LogP contribution in [0.25, 0.3) is 0 Å². The summed E-state index contributed by atoms with van der Waals surface area (Å²) < 4.78 is 44.2. The minimum atomic E-state index is -4.34. The number of halogens is 4. The van der Waals surface area contributed by atoms with Crippen molar-refractivity contribution in [3.05, 3.63) is 28.2 Å². The van der Waals surface area contributed by atoms with Crippen molar-refractivity contribution in [3.8, 4) is 0 Å². The van der Waals surface area contributed by atoms with Crippen molar-refractivity contribution >= 4 is 21.6 Å². The second kappa shape index (κ2) is 5.48. The van der Waals surface area contributed by atoms with Crippen LogP contribution in [0.1, 0.15) is 12.0 Å². The number of alkyl halides is 3. The Kier molecular flexibility index (Phi) is 4.17. The highest BCUT2D eigenvalue weighted by Crippen LogP contribution is 2.36. The van der Waals surface area contributed by atoms with Gasteiger partial charge in [0.25, 0.3) is 0 Å². The molecule has 1 unspecified atom stereocenters. The monoisotopic (exact) mass is 323 g/mol. The Labute approximate surface area is 112 Å². The molecule has 0 amide bonds. The van der Waals surface area contributed by atoms with Crippen molar-refractivity contribution in [2.75, 3.05) is 25.1 Å². The molecule has 0 bridgehead atoms. The second-order valence-electron chi connectivity index (χ2n) is 4.30. The zero-order valence-corrected chi connectivity index (χ0v) is 11.1. The number of ether oxygens (including phenoxy) is 1. The van der Waals surface area contributed by atoms with Crippen LogP contribution < -0.4 is 5.32 Å². The van der Waals surface area contributed by atoms with Gasteiger partial charge in [0.05, 0.1) is 12.2 Å². The van der Waals surface area contributed by atoms with E-state index >= 15 is 0 Å². The first-order chi connectivity index (χ1) is 8.47. The molecule has 0 aliphatic carbocycles. The predicted octanol–water partition coefficient (Wildman–Crippen LogP) is 3.92. The molecule has 1 saturated heterocycles. The number of hydrogen-bond donors (Lipinski definition) is 1. The van der Waals surface area contributed by atoms with Crippen molar-refractivity contribution in [2.24, 2.45) is 5.92 Å². The quantitative estimate of drug-likeness (QED) is 0.910. The topological polar surface area (TPSA) is 21.3 Å². The average molecular weight is 324 g/mol. The van der Waals surface area contributed by atoms with E-state index in [-0.39, 0.29) is 11.6 Å². The van der Waals surface area contributed by atoms with Crippen LogP contribution in [-0.2, 0) is 10.9 Å². The highest BCUT2D eigenvalue weighted by atomic mass is 79.9. The Morgan fingerprint density at radius 1 is 1.39 bits per heavy atom. The fourth-order valence-electron chi connectivity index (χ4n) is 1.91. The predicted molar refractivity (Wildman–Crippen MR) is 66.6 cm³/mol. The molecule has 100 valence electrons. The molecule has 6 heteroatoms. The molecule has 0 spiro atoms. The third-order valence-corrected chi connectivity index (χ3v) is 3.39. The molecule has 1 fully saturated rings. The van der Waals surface area contributed by atoms with Gasteiger partial charge in [-0.05, 0) is 24.6 Å². The van der Waals surface area contributed by atoms with Gasteiger partial charge in [-0.15, -0.1) is 0 Å². The number of nitrogens with one attached hydrogen (secondary N) is 1. The largest absolute Gasteiger partial charge is 0.418 e. The molecule has 1 aromatic carbocycles. The summed E-state index contributed by atoms with van der Waals surface area (Å²) in [6.45, 7) is 1.80. The van der Waals surface area contributed by atoms with E-state index in [0.717, 1.165) is 12.5 Å². The molecule has 1 heterocycles. The van der Waals surface area contributed by atoms with Gasteiger partial charge in [0, 0.05) is 29.2 Å². The average Bonchev–Trinajstić information content (AvgIpc) is 2.77. The van der Waals surface area contributed by atoms with Gasteiger partial charge >= 0.3 is 6.18 Å². The smallest absolute Gasteiger partial charge is 0.384 e. The molecule has 2 nitrogen and oxygen atoms in total. The van der Waals surface area contributed by atoms with Gasteiger partial charge in [0.1, 0.15) is 0 Å². The van der Waals surface area contributed by atoms with Gasteiger partial charge in [0.2, 0.25) is 0 Å². The van der Waals surface area contributed by atoms with Crippen molar-refractivity contribution in [1.82, 2.24) is 0 Å². The summed E-state index contributed by atoms with van der Waals surface area (Å²) in [5.41, 5.74) is -0.520. The van der Waals surface area contributed by atoms with Gasteiger partial charge in [-0.2, -0.15) is 13.2 Å². The molecule has 1 aromatic rings. The molecule has 0 aromatic heterocycles. The Hall–Kier alpha value is -0.750. The van der Waals surface area contributed by atoms with Crippen LogP contribution in [0.5, 0.6) is 0 Å². The van der Waals surface area contributed by atoms with E-state index in [1.807, 2.05) is 0 Å². The van der Waals surface area contributed by atoms with E-state index < -0.39 is 11.7 Å². The minimum Gasteiger partial charge on any atom is -0.384 e. The zero-order chi connectivity index (χ0) is 13.2. The van der Waals surface area contributed by atoms with E-state index in [4.69, 9.17) is 4.74 Å². The normalized spacial score (nSPS) is 20.1. The van der Waals surface area contributed by atoms with E-state index in [1.165, 1.54) is 12.1 Å². The standard InChI is InChI=1S/C12H13BrF3NO/c13-9-1-2-10(12(14,15)16)11(5-9)17-6-8-3-4-18-7-8/h1-2,5,8,17H,3-4,6-7H2. The molecule has 0 saturated carbocycles. The summed E-state index contributed by atoms with van der Waals surface area (Å²) >= 11 is 3.18. The number of hydrogen-bond acceptors (Lipinski definition) is 2. The molecule has 1 N–H and O–H groups in total. The molecular formula is C12H13BrF3NO. The van der Waals surface area contributed by atoms with Gasteiger partial charge < -0.3 is 10.1 Å². The van der Waals surface area contributed by atoms with E-state index in [0.29, 0.717) is 24.2 Å². The number of rotatable bonds is 3. The fourth-order valence-corrected chi connectivity index (χ4v) is 2.27. The highest BCUT2D eigenvalue weighted by molar-refractivity contribution is 9.10. The fraction of sp³-hybridized carbons (Fsp3) is 0.500. The van der Waals surface area contributed by atoms with Crippen molar-refractivity contribution in [3.63, 3.8) is 0 Å². The lowest BCUT2D eigenvalue weighted by molar-refractivity contribution is -0.137. The van der Waals surface area contributed by atoms with Crippen molar-refractivity contribution in [2.45, 2.75) is 12.6 Å².